The van der Waals surface area contributed by atoms with E-state index in [1.807, 2.05) is 32.9 Å². The van der Waals surface area contributed by atoms with Crippen molar-refractivity contribution in [2.24, 2.45) is 5.92 Å². The second-order valence-electron chi connectivity index (χ2n) is 7.58. The quantitative estimate of drug-likeness (QED) is 0.820. The van der Waals surface area contributed by atoms with Crippen molar-refractivity contribution < 1.29 is 14.3 Å². The van der Waals surface area contributed by atoms with Crippen molar-refractivity contribution in [3.63, 3.8) is 0 Å². The molecule has 2 atom stereocenters. The van der Waals surface area contributed by atoms with Crippen LogP contribution in [0.1, 0.15) is 58.4 Å². The summed E-state index contributed by atoms with van der Waals surface area (Å²) >= 11 is 0. The zero-order chi connectivity index (χ0) is 18.3. The summed E-state index contributed by atoms with van der Waals surface area (Å²) in [5.41, 5.74) is 0.411. The molecule has 0 spiro atoms. The summed E-state index contributed by atoms with van der Waals surface area (Å²) in [6.45, 7) is 5.94. The van der Waals surface area contributed by atoms with E-state index in [1.165, 1.54) is 0 Å². The standard InChI is InChI=1S/C19H29N3O3/c1-19(2,3)25-18(24)22-16-10-6-4-5-9-15(16)17(23)21-13-14-8-7-11-20-12-14/h7-8,11-12,15-16H,4-6,9-10,13H2,1-3H3,(H,21,23)(H,22,24). The molecule has 1 saturated carbocycles. The third-order valence-corrected chi connectivity index (χ3v) is 4.24. The number of alkyl carbamates (subject to hydrolysis) is 1. The number of amides is 2. The minimum atomic E-state index is -0.549. The topological polar surface area (TPSA) is 80.3 Å². The molecule has 0 aromatic carbocycles. The van der Waals surface area contributed by atoms with Gasteiger partial charge in [0.25, 0.3) is 0 Å². The van der Waals surface area contributed by atoms with Crippen LogP contribution in [-0.4, -0.2) is 28.6 Å². The van der Waals surface area contributed by atoms with Crippen molar-refractivity contribution in [1.82, 2.24) is 15.6 Å². The zero-order valence-corrected chi connectivity index (χ0v) is 15.4. The highest BCUT2D eigenvalue weighted by Gasteiger charge is 2.31. The maximum Gasteiger partial charge on any atom is 0.407 e. The van der Waals surface area contributed by atoms with Gasteiger partial charge in [-0.25, -0.2) is 4.79 Å². The van der Waals surface area contributed by atoms with Crippen LogP contribution in [0, 0.1) is 5.92 Å². The molecule has 1 fully saturated rings. The lowest BCUT2D eigenvalue weighted by molar-refractivity contribution is -0.126. The zero-order valence-electron chi connectivity index (χ0n) is 15.4. The van der Waals surface area contributed by atoms with E-state index < -0.39 is 11.7 Å². The summed E-state index contributed by atoms with van der Waals surface area (Å²) < 4.78 is 5.35. The Morgan fingerprint density at radius 1 is 1.24 bits per heavy atom. The number of carbonyl (C=O) groups is 2. The summed E-state index contributed by atoms with van der Waals surface area (Å²) in [6.07, 6.45) is 7.65. The molecule has 2 amide bonds. The maximum atomic E-state index is 12.7. The van der Waals surface area contributed by atoms with Gasteiger partial charge in [-0.3, -0.25) is 9.78 Å². The number of nitrogens with zero attached hydrogens (tertiary/aromatic N) is 1. The van der Waals surface area contributed by atoms with Gasteiger partial charge in [0.05, 0.1) is 5.92 Å². The minimum absolute atomic E-state index is 0.0215. The minimum Gasteiger partial charge on any atom is -0.444 e. The van der Waals surface area contributed by atoms with E-state index in [2.05, 4.69) is 15.6 Å². The van der Waals surface area contributed by atoms with Crippen molar-refractivity contribution in [1.29, 1.82) is 0 Å². The largest absolute Gasteiger partial charge is 0.444 e. The molecule has 6 heteroatoms. The Hall–Kier alpha value is -2.11. The van der Waals surface area contributed by atoms with Crippen molar-refractivity contribution in [3.8, 4) is 0 Å². The average molecular weight is 347 g/mol. The molecule has 1 aliphatic carbocycles. The highest BCUT2D eigenvalue weighted by Crippen LogP contribution is 2.24. The Labute approximate surface area is 149 Å². The molecule has 1 heterocycles. The number of hydrogen-bond donors (Lipinski definition) is 2. The molecule has 0 bridgehead atoms. The first-order valence-corrected chi connectivity index (χ1v) is 9.01. The first-order chi connectivity index (χ1) is 11.8. The fourth-order valence-corrected chi connectivity index (χ4v) is 3.08. The van der Waals surface area contributed by atoms with Gasteiger partial charge in [0.15, 0.2) is 0 Å². The molecule has 0 saturated heterocycles. The molecule has 2 rings (SSSR count). The molecule has 0 radical (unpaired) electrons. The first kappa shape index (κ1) is 19.2. The van der Waals surface area contributed by atoms with Gasteiger partial charge in [-0.2, -0.15) is 0 Å². The van der Waals surface area contributed by atoms with Gasteiger partial charge in [0, 0.05) is 25.0 Å². The Balaban J connectivity index is 1.96. The number of aromatic nitrogens is 1. The summed E-state index contributed by atoms with van der Waals surface area (Å²) in [7, 11) is 0. The second kappa shape index (κ2) is 8.83. The Morgan fingerprint density at radius 3 is 2.68 bits per heavy atom. The van der Waals surface area contributed by atoms with Crippen LogP contribution >= 0.6 is 0 Å². The summed E-state index contributed by atoms with van der Waals surface area (Å²) in [5.74, 6) is -0.251. The molecule has 2 N–H and O–H groups in total. The molecular weight excluding hydrogens is 318 g/mol. The van der Waals surface area contributed by atoms with Gasteiger partial charge in [-0.1, -0.05) is 25.3 Å². The first-order valence-electron chi connectivity index (χ1n) is 9.01. The molecule has 6 nitrogen and oxygen atoms in total. The molecular formula is C19H29N3O3. The lowest BCUT2D eigenvalue weighted by Gasteiger charge is -2.27. The number of ether oxygens (including phenoxy) is 1. The van der Waals surface area contributed by atoms with Crippen LogP contribution in [0.15, 0.2) is 24.5 Å². The van der Waals surface area contributed by atoms with E-state index in [0.717, 1.165) is 37.7 Å². The van der Waals surface area contributed by atoms with Gasteiger partial charge in [0.2, 0.25) is 5.91 Å². The van der Waals surface area contributed by atoms with Crippen LogP contribution in [0.3, 0.4) is 0 Å². The van der Waals surface area contributed by atoms with E-state index in [9.17, 15) is 9.59 Å². The number of rotatable bonds is 4. The van der Waals surface area contributed by atoms with Crippen LogP contribution in [0.4, 0.5) is 4.79 Å². The van der Waals surface area contributed by atoms with Crippen molar-refractivity contribution in [2.45, 2.75) is 71.1 Å². The lowest BCUT2D eigenvalue weighted by atomic mass is 9.93. The third kappa shape index (κ3) is 6.72. The summed E-state index contributed by atoms with van der Waals surface area (Å²) in [6, 6.07) is 3.59. The van der Waals surface area contributed by atoms with E-state index in [4.69, 9.17) is 4.74 Å². The van der Waals surface area contributed by atoms with E-state index >= 15 is 0 Å². The Morgan fingerprint density at radius 2 is 2.00 bits per heavy atom. The normalized spacial score (nSPS) is 21.1. The number of hydrogen-bond acceptors (Lipinski definition) is 4. The number of nitrogens with one attached hydrogen (secondary N) is 2. The van der Waals surface area contributed by atoms with Crippen LogP contribution in [0.2, 0.25) is 0 Å². The molecule has 1 aliphatic rings. The van der Waals surface area contributed by atoms with Crippen LogP contribution in [0.5, 0.6) is 0 Å². The van der Waals surface area contributed by atoms with Crippen LogP contribution in [0.25, 0.3) is 0 Å². The average Bonchev–Trinajstić information content (AvgIpc) is 2.77. The number of pyridine rings is 1. The SMILES string of the molecule is CC(C)(C)OC(=O)NC1CCCCCC1C(=O)NCc1cccnc1. The molecule has 0 aliphatic heterocycles. The molecule has 1 aromatic heterocycles. The van der Waals surface area contributed by atoms with Gasteiger partial charge >= 0.3 is 6.09 Å². The Kier molecular flexibility index (Phi) is 6.79. The van der Waals surface area contributed by atoms with Gasteiger partial charge in [-0.15, -0.1) is 0 Å². The number of carbonyl (C=O) groups excluding carboxylic acids is 2. The molecule has 25 heavy (non-hydrogen) atoms. The monoisotopic (exact) mass is 347 g/mol. The molecule has 2 unspecified atom stereocenters. The Bertz CT molecular complexity index is 569. The van der Waals surface area contributed by atoms with E-state index in [1.54, 1.807) is 12.4 Å². The highest BCUT2D eigenvalue weighted by atomic mass is 16.6. The lowest BCUT2D eigenvalue weighted by Crippen LogP contribution is -2.47. The smallest absolute Gasteiger partial charge is 0.407 e. The van der Waals surface area contributed by atoms with E-state index in [0.29, 0.717) is 6.54 Å². The van der Waals surface area contributed by atoms with Crippen molar-refractivity contribution >= 4 is 12.0 Å². The fraction of sp³-hybridized carbons (Fsp3) is 0.632. The highest BCUT2D eigenvalue weighted by molar-refractivity contribution is 5.80. The summed E-state index contributed by atoms with van der Waals surface area (Å²) in [5, 5.41) is 5.89. The van der Waals surface area contributed by atoms with Crippen LogP contribution < -0.4 is 10.6 Å². The molecule has 1 aromatic rings. The van der Waals surface area contributed by atoms with Crippen molar-refractivity contribution in [3.05, 3.63) is 30.1 Å². The molecule has 138 valence electrons. The van der Waals surface area contributed by atoms with Gasteiger partial charge < -0.3 is 15.4 Å². The van der Waals surface area contributed by atoms with Crippen molar-refractivity contribution in [2.75, 3.05) is 0 Å². The maximum absolute atomic E-state index is 12.7. The third-order valence-electron chi connectivity index (χ3n) is 4.24. The van der Waals surface area contributed by atoms with Gasteiger partial charge in [0.1, 0.15) is 5.60 Å². The van der Waals surface area contributed by atoms with Crippen LogP contribution in [-0.2, 0) is 16.1 Å². The van der Waals surface area contributed by atoms with E-state index in [-0.39, 0.29) is 17.9 Å². The van der Waals surface area contributed by atoms with Gasteiger partial charge in [-0.05, 0) is 45.2 Å². The predicted molar refractivity (Wildman–Crippen MR) is 95.8 cm³/mol. The second-order valence-corrected chi connectivity index (χ2v) is 7.58. The summed E-state index contributed by atoms with van der Waals surface area (Å²) in [4.78, 5) is 28.8. The predicted octanol–water partition coefficient (Wildman–Crippen LogP) is 3.17. The fourth-order valence-electron chi connectivity index (χ4n) is 3.08.